The zero-order chi connectivity index (χ0) is 15.7. The van der Waals surface area contributed by atoms with Gasteiger partial charge in [0, 0.05) is 0 Å². The topological polar surface area (TPSA) is 20.2 Å². The van der Waals surface area contributed by atoms with Crippen molar-refractivity contribution in [1.29, 1.82) is 0 Å². The number of allylic oxidation sites excluding steroid dienone is 3. The third kappa shape index (κ3) is 2.99. The highest BCUT2D eigenvalue weighted by Crippen LogP contribution is 2.61. The SMILES string of the molecule is CC1=CCC[C@@H]2[C@@](C)(CC/C(C)=C\CO)[C@H](C)CC[C@@]12C. The van der Waals surface area contributed by atoms with Crippen LogP contribution in [0.3, 0.4) is 0 Å². The van der Waals surface area contributed by atoms with Crippen LogP contribution >= 0.6 is 0 Å². The number of fused-ring (bicyclic) bond motifs is 1. The molecule has 0 aromatic rings. The van der Waals surface area contributed by atoms with Crippen LogP contribution in [0.25, 0.3) is 0 Å². The van der Waals surface area contributed by atoms with Gasteiger partial charge in [0.15, 0.2) is 0 Å². The molecule has 21 heavy (non-hydrogen) atoms. The Morgan fingerprint density at radius 1 is 1.38 bits per heavy atom. The molecule has 0 amide bonds. The largest absolute Gasteiger partial charge is 0.392 e. The molecule has 0 heterocycles. The first-order valence-electron chi connectivity index (χ1n) is 8.78. The van der Waals surface area contributed by atoms with Crippen LogP contribution < -0.4 is 0 Å². The Bertz CT molecular complexity index is 433. The van der Waals surface area contributed by atoms with E-state index in [1.54, 1.807) is 5.57 Å². The Kier molecular flexibility index (Phi) is 5.03. The molecule has 2 rings (SSSR count). The second-order valence-electron chi connectivity index (χ2n) is 8.11. The smallest absolute Gasteiger partial charge is 0.0614 e. The van der Waals surface area contributed by atoms with Crippen molar-refractivity contribution < 1.29 is 5.11 Å². The number of aliphatic hydroxyl groups is 1. The molecule has 1 heteroatoms. The summed E-state index contributed by atoms with van der Waals surface area (Å²) in [5.74, 6) is 1.63. The van der Waals surface area contributed by atoms with Gasteiger partial charge in [-0.25, -0.2) is 0 Å². The summed E-state index contributed by atoms with van der Waals surface area (Å²) in [5.41, 5.74) is 3.85. The van der Waals surface area contributed by atoms with Crippen molar-refractivity contribution in [2.45, 2.75) is 73.1 Å². The molecule has 1 nitrogen and oxygen atoms in total. The second-order valence-corrected chi connectivity index (χ2v) is 8.11. The normalized spacial score (nSPS) is 40.7. The van der Waals surface area contributed by atoms with Crippen LogP contribution in [-0.2, 0) is 0 Å². The summed E-state index contributed by atoms with van der Waals surface area (Å²) in [6.45, 7) is 12.2. The molecular formula is C20H34O. The summed E-state index contributed by atoms with van der Waals surface area (Å²) >= 11 is 0. The molecule has 0 unspecified atom stereocenters. The lowest BCUT2D eigenvalue weighted by molar-refractivity contribution is -0.0466. The van der Waals surface area contributed by atoms with Gasteiger partial charge in [0.05, 0.1) is 6.61 Å². The Morgan fingerprint density at radius 2 is 2.10 bits per heavy atom. The predicted octanol–water partition coefficient (Wildman–Crippen LogP) is 5.50. The third-order valence-corrected chi connectivity index (χ3v) is 7.09. The lowest BCUT2D eigenvalue weighted by Crippen LogP contribution is -2.49. The quantitative estimate of drug-likeness (QED) is 0.677. The first kappa shape index (κ1) is 16.8. The molecule has 0 aromatic heterocycles. The molecule has 1 fully saturated rings. The van der Waals surface area contributed by atoms with Crippen molar-refractivity contribution in [2.75, 3.05) is 6.61 Å². The standard InChI is InChI=1S/C20H34O/c1-15(11-14-21)9-12-19(4)17(3)10-13-20(5)16(2)7-6-8-18(19)20/h7,11,17-18,21H,6,8-10,12-14H2,1-5H3/b15-11-/t17-,18-,19+,20+/m1/s1. The summed E-state index contributed by atoms with van der Waals surface area (Å²) in [4.78, 5) is 0. The summed E-state index contributed by atoms with van der Waals surface area (Å²) in [5, 5.41) is 9.07. The molecule has 2 aliphatic rings. The highest BCUT2D eigenvalue weighted by Gasteiger charge is 2.52. The van der Waals surface area contributed by atoms with E-state index in [9.17, 15) is 0 Å². The monoisotopic (exact) mass is 290 g/mol. The highest BCUT2D eigenvalue weighted by atomic mass is 16.2. The van der Waals surface area contributed by atoms with E-state index < -0.39 is 0 Å². The van der Waals surface area contributed by atoms with Crippen LogP contribution in [0.2, 0.25) is 0 Å². The fraction of sp³-hybridized carbons (Fsp3) is 0.800. The minimum Gasteiger partial charge on any atom is -0.392 e. The molecule has 4 atom stereocenters. The molecule has 0 saturated heterocycles. The van der Waals surface area contributed by atoms with Gasteiger partial charge in [0.25, 0.3) is 0 Å². The van der Waals surface area contributed by atoms with Crippen LogP contribution in [0.4, 0.5) is 0 Å². The predicted molar refractivity (Wildman–Crippen MR) is 91.2 cm³/mol. The Labute approximate surface area is 131 Å². The second kappa shape index (κ2) is 6.28. The van der Waals surface area contributed by atoms with E-state index >= 15 is 0 Å². The lowest BCUT2D eigenvalue weighted by Gasteiger charge is -2.58. The number of hydrogen-bond donors (Lipinski definition) is 1. The number of hydrogen-bond acceptors (Lipinski definition) is 1. The third-order valence-electron chi connectivity index (χ3n) is 7.09. The molecule has 0 spiro atoms. The van der Waals surface area contributed by atoms with Crippen molar-refractivity contribution in [3.8, 4) is 0 Å². The van der Waals surface area contributed by atoms with Gasteiger partial charge in [-0.1, -0.05) is 44.1 Å². The Morgan fingerprint density at radius 3 is 2.76 bits per heavy atom. The van der Waals surface area contributed by atoms with E-state index in [2.05, 4.69) is 40.7 Å². The van der Waals surface area contributed by atoms with Crippen LogP contribution in [0.1, 0.15) is 73.1 Å². The molecule has 0 aromatic carbocycles. The van der Waals surface area contributed by atoms with Crippen molar-refractivity contribution in [3.63, 3.8) is 0 Å². The van der Waals surface area contributed by atoms with Gasteiger partial charge >= 0.3 is 0 Å². The fourth-order valence-electron chi connectivity index (χ4n) is 5.06. The van der Waals surface area contributed by atoms with Gasteiger partial charge in [-0.3, -0.25) is 0 Å². The van der Waals surface area contributed by atoms with E-state index in [4.69, 9.17) is 5.11 Å². The maximum Gasteiger partial charge on any atom is 0.0614 e. The maximum atomic E-state index is 9.07. The molecule has 0 bridgehead atoms. The summed E-state index contributed by atoms with van der Waals surface area (Å²) < 4.78 is 0. The number of aliphatic hydroxyl groups excluding tert-OH is 1. The van der Waals surface area contributed by atoms with Crippen LogP contribution in [0.5, 0.6) is 0 Å². The van der Waals surface area contributed by atoms with Gasteiger partial charge in [-0.05, 0) is 75.0 Å². The van der Waals surface area contributed by atoms with Gasteiger partial charge < -0.3 is 5.11 Å². The summed E-state index contributed by atoms with van der Waals surface area (Å²) in [6, 6.07) is 0. The van der Waals surface area contributed by atoms with E-state index in [1.165, 1.54) is 37.7 Å². The first-order chi connectivity index (χ1) is 9.84. The van der Waals surface area contributed by atoms with E-state index in [1.807, 2.05) is 6.08 Å². The molecule has 0 aliphatic heterocycles. The van der Waals surface area contributed by atoms with Crippen molar-refractivity contribution in [2.24, 2.45) is 22.7 Å². The average Bonchev–Trinajstić information content (AvgIpc) is 2.44. The van der Waals surface area contributed by atoms with Crippen molar-refractivity contribution >= 4 is 0 Å². The van der Waals surface area contributed by atoms with Gasteiger partial charge in [-0.2, -0.15) is 0 Å². The van der Waals surface area contributed by atoms with E-state index in [-0.39, 0.29) is 6.61 Å². The van der Waals surface area contributed by atoms with Crippen molar-refractivity contribution in [1.82, 2.24) is 0 Å². The van der Waals surface area contributed by atoms with Gasteiger partial charge in [0.1, 0.15) is 0 Å². The van der Waals surface area contributed by atoms with Gasteiger partial charge in [0.2, 0.25) is 0 Å². The average molecular weight is 290 g/mol. The van der Waals surface area contributed by atoms with Crippen LogP contribution in [-0.4, -0.2) is 11.7 Å². The number of rotatable bonds is 4. The minimum atomic E-state index is 0.182. The molecule has 1 saturated carbocycles. The zero-order valence-electron chi connectivity index (χ0n) is 14.7. The summed E-state index contributed by atoms with van der Waals surface area (Å²) in [6.07, 6.45) is 12.2. The van der Waals surface area contributed by atoms with Crippen molar-refractivity contribution in [3.05, 3.63) is 23.3 Å². The molecular weight excluding hydrogens is 256 g/mol. The molecule has 2 aliphatic carbocycles. The van der Waals surface area contributed by atoms with E-state index in [0.29, 0.717) is 10.8 Å². The minimum absolute atomic E-state index is 0.182. The first-order valence-corrected chi connectivity index (χ1v) is 8.78. The maximum absolute atomic E-state index is 9.07. The van der Waals surface area contributed by atoms with E-state index in [0.717, 1.165) is 18.3 Å². The molecule has 1 N–H and O–H groups in total. The fourth-order valence-corrected chi connectivity index (χ4v) is 5.06. The van der Waals surface area contributed by atoms with Crippen LogP contribution in [0, 0.1) is 22.7 Å². The van der Waals surface area contributed by atoms with Crippen LogP contribution in [0.15, 0.2) is 23.3 Å². The Hall–Kier alpha value is -0.560. The molecule has 0 radical (unpaired) electrons. The lowest BCUT2D eigenvalue weighted by atomic mass is 9.47. The van der Waals surface area contributed by atoms with Gasteiger partial charge in [-0.15, -0.1) is 0 Å². The summed E-state index contributed by atoms with van der Waals surface area (Å²) in [7, 11) is 0. The highest BCUT2D eigenvalue weighted by molar-refractivity contribution is 5.21. The zero-order valence-corrected chi connectivity index (χ0v) is 14.7. The molecule has 120 valence electrons. The Balaban J connectivity index is 2.23.